The Hall–Kier alpha value is -1.97. The minimum atomic E-state index is 0.494. The van der Waals surface area contributed by atoms with Crippen LogP contribution in [0.3, 0.4) is 0 Å². The Morgan fingerprint density at radius 3 is 2.94 bits per heavy atom. The van der Waals surface area contributed by atoms with E-state index in [0.29, 0.717) is 12.3 Å². The summed E-state index contributed by atoms with van der Waals surface area (Å²) in [7, 11) is 0. The molecule has 2 aromatic rings. The Morgan fingerprint density at radius 2 is 2.24 bits per heavy atom. The zero-order valence-electron chi connectivity index (χ0n) is 10.2. The first-order valence-electron chi connectivity index (χ1n) is 5.70. The third-order valence-electron chi connectivity index (χ3n) is 2.69. The Bertz CT molecular complexity index is 505. The summed E-state index contributed by atoms with van der Waals surface area (Å²) in [6, 6.07) is 5.79. The highest BCUT2D eigenvalue weighted by Gasteiger charge is 2.04. The molecule has 17 heavy (non-hydrogen) atoms. The quantitative estimate of drug-likeness (QED) is 0.822. The molecule has 0 unspecified atom stereocenters. The van der Waals surface area contributed by atoms with Crippen molar-refractivity contribution in [3.05, 3.63) is 41.7 Å². The van der Waals surface area contributed by atoms with E-state index in [4.69, 9.17) is 10.5 Å². The van der Waals surface area contributed by atoms with E-state index in [2.05, 4.69) is 12.0 Å². The zero-order valence-corrected chi connectivity index (χ0v) is 10.2. The summed E-state index contributed by atoms with van der Waals surface area (Å²) in [5.74, 6) is 0.731. The van der Waals surface area contributed by atoms with E-state index in [0.717, 1.165) is 23.4 Å². The van der Waals surface area contributed by atoms with Gasteiger partial charge in [-0.05, 0) is 25.5 Å². The molecule has 90 valence electrons. The second-order valence-electron chi connectivity index (χ2n) is 3.98. The van der Waals surface area contributed by atoms with Crippen LogP contribution in [0.1, 0.15) is 18.1 Å². The highest BCUT2D eigenvalue weighted by molar-refractivity contribution is 5.57. The van der Waals surface area contributed by atoms with E-state index < -0.39 is 0 Å². The molecule has 4 nitrogen and oxygen atoms in total. The van der Waals surface area contributed by atoms with Crippen molar-refractivity contribution in [1.82, 2.24) is 9.78 Å². The first kappa shape index (κ1) is 11.5. The van der Waals surface area contributed by atoms with Crippen molar-refractivity contribution in [2.75, 3.05) is 5.73 Å². The summed E-state index contributed by atoms with van der Waals surface area (Å²) < 4.78 is 7.56. The smallest absolute Gasteiger partial charge is 0.142 e. The van der Waals surface area contributed by atoms with Gasteiger partial charge in [0.15, 0.2) is 0 Å². The average Bonchev–Trinajstić information content (AvgIpc) is 2.79. The highest BCUT2D eigenvalue weighted by atomic mass is 16.5. The van der Waals surface area contributed by atoms with Crippen LogP contribution in [0.4, 0.5) is 5.69 Å². The van der Waals surface area contributed by atoms with Crippen molar-refractivity contribution in [3.8, 4) is 5.75 Å². The van der Waals surface area contributed by atoms with Crippen molar-refractivity contribution in [2.45, 2.75) is 27.0 Å². The van der Waals surface area contributed by atoms with Crippen LogP contribution in [-0.2, 0) is 13.2 Å². The normalized spacial score (nSPS) is 10.5. The molecule has 0 spiro atoms. The maximum absolute atomic E-state index is 5.93. The van der Waals surface area contributed by atoms with Gasteiger partial charge in [0.05, 0.1) is 11.9 Å². The second kappa shape index (κ2) is 4.91. The second-order valence-corrected chi connectivity index (χ2v) is 3.98. The van der Waals surface area contributed by atoms with Crippen molar-refractivity contribution < 1.29 is 4.74 Å². The lowest BCUT2D eigenvalue weighted by Crippen LogP contribution is -1.99. The van der Waals surface area contributed by atoms with Gasteiger partial charge in [0.2, 0.25) is 0 Å². The van der Waals surface area contributed by atoms with Crippen LogP contribution in [-0.4, -0.2) is 9.78 Å². The van der Waals surface area contributed by atoms with Gasteiger partial charge in [-0.25, -0.2) is 0 Å². The predicted octanol–water partition coefficient (Wildman–Crippen LogP) is 2.37. The number of hydrogen-bond acceptors (Lipinski definition) is 3. The minimum absolute atomic E-state index is 0.494. The van der Waals surface area contributed by atoms with E-state index in [1.54, 1.807) is 0 Å². The lowest BCUT2D eigenvalue weighted by molar-refractivity contribution is 0.307. The van der Waals surface area contributed by atoms with E-state index in [-0.39, 0.29) is 0 Å². The Labute approximate surface area is 101 Å². The Balaban J connectivity index is 2.04. The summed E-state index contributed by atoms with van der Waals surface area (Å²) in [5, 5.41) is 4.19. The average molecular weight is 231 g/mol. The number of para-hydroxylation sites is 1. The van der Waals surface area contributed by atoms with Gasteiger partial charge in [-0.2, -0.15) is 5.10 Å². The fraction of sp³-hybridized carbons (Fsp3) is 0.308. The molecule has 0 saturated carbocycles. The van der Waals surface area contributed by atoms with Gasteiger partial charge in [0.1, 0.15) is 12.4 Å². The van der Waals surface area contributed by atoms with Gasteiger partial charge in [-0.3, -0.25) is 4.68 Å². The molecule has 1 aromatic carbocycles. The number of nitrogen functional groups attached to an aromatic ring is 1. The highest BCUT2D eigenvalue weighted by Crippen LogP contribution is 2.25. The molecule has 0 saturated heterocycles. The topological polar surface area (TPSA) is 53.1 Å². The summed E-state index contributed by atoms with van der Waals surface area (Å²) in [6.45, 7) is 5.38. The molecule has 0 aliphatic heterocycles. The maximum atomic E-state index is 5.93. The van der Waals surface area contributed by atoms with E-state index in [9.17, 15) is 0 Å². The summed E-state index contributed by atoms with van der Waals surface area (Å²) in [6.07, 6.45) is 3.79. The molecule has 1 aromatic heterocycles. The number of anilines is 1. The van der Waals surface area contributed by atoms with Gasteiger partial charge in [0.25, 0.3) is 0 Å². The van der Waals surface area contributed by atoms with Crippen LogP contribution in [0.15, 0.2) is 30.6 Å². The van der Waals surface area contributed by atoms with Gasteiger partial charge in [0, 0.05) is 18.3 Å². The van der Waals surface area contributed by atoms with Gasteiger partial charge < -0.3 is 10.5 Å². The van der Waals surface area contributed by atoms with Crippen LogP contribution in [0.5, 0.6) is 5.75 Å². The first-order chi connectivity index (χ1) is 8.20. The van der Waals surface area contributed by atoms with Crippen LogP contribution >= 0.6 is 0 Å². The van der Waals surface area contributed by atoms with E-state index >= 15 is 0 Å². The standard InChI is InChI=1S/C13H17N3O/c1-3-16-8-11(7-15-16)9-17-12-6-4-5-10(2)13(12)14/h4-8H,3,9,14H2,1-2H3. The zero-order chi connectivity index (χ0) is 12.3. The fourth-order valence-electron chi connectivity index (χ4n) is 1.59. The van der Waals surface area contributed by atoms with Crippen molar-refractivity contribution in [2.24, 2.45) is 0 Å². The molecule has 0 radical (unpaired) electrons. The van der Waals surface area contributed by atoms with Crippen molar-refractivity contribution in [1.29, 1.82) is 0 Å². The molecule has 4 heteroatoms. The van der Waals surface area contributed by atoms with Gasteiger partial charge in [-0.1, -0.05) is 12.1 Å². The predicted molar refractivity (Wildman–Crippen MR) is 67.8 cm³/mol. The van der Waals surface area contributed by atoms with Crippen LogP contribution in [0, 0.1) is 6.92 Å². The number of nitrogens with two attached hydrogens (primary N) is 1. The van der Waals surface area contributed by atoms with E-state index in [1.165, 1.54) is 0 Å². The third-order valence-corrected chi connectivity index (χ3v) is 2.69. The molecule has 0 aliphatic rings. The number of aromatic nitrogens is 2. The molecular formula is C13H17N3O. The van der Waals surface area contributed by atoms with Gasteiger partial charge in [-0.15, -0.1) is 0 Å². The largest absolute Gasteiger partial charge is 0.487 e. The molecule has 0 fully saturated rings. The minimum Gasteiger partial charge on any atom is -0.487 e. The summed E-state index contributed by atoms with van der Waals surface area (Å²) in [4.78, 5) is 0. The lowest BCUT2D eigenvalue weighted by atomic mass is 10.2. The molecule has 0 aliphatic carbocycles. The molecule has 2 rings (SSSR count). The molecule has 2 N–H and O–H groups in total. The van der Waals surface area contributed by atoms with Crippen molar-refractivity contribution in [3.63, 3.8) is 0 Å². The molecule has 0 bridgehead atoms. The number of rotatable bonds is 4. The molecular weight excluding hydrogens is 214 g/mol. The fourth-order valence-corrected chi connectivity index (χ4v) is 1.59. The summed E-state index contributed by atoms with van der Waals surface area (Å²) >= 11 is 0. The van der Waals surface area contributed by atoms with E-state index in [1.807, 2.05) is 42.2 Å². The maximum Gasteiger partial charge on any atom is 0.142 e. The first-order valence-corrected chi connectivity index (χ1v) is 5.70. The number of aryl methyl sites for hydroxylation is 2. The van der Waals surface area contributed by atoms with Crippen LogP contribution < -0.4 is 10.5 Å². The monoisotopic (exact) mass is 231 g/mol. The number of nitrogens with zero attached hydrogens (tertiary/aromatic N) is 2. The summed E-state index contributed by atoms with van der Waals surface area (Å²) in [5.41, 5.74) is 8.72. The van der Waals surface area contributed by atoms with Crippen LogP contribution in [0.25, 0.3) is 0 Å². The number of hydrogen-bond donors (Lipinski definition) is 1. The molecule has 1 heterocycles. The number of benzene rings is 1. The number of ether oxygens (including phenoxy) is 1. The van der Waals surface area contributed by atoms with Gasteiger partial charge >= 0.3 is 0 Å². The molecule has 0 atom stereocenters. The SMILES string of the molecule is CCn1cc(COc2cccc(C)c2N)cn1. The third kappa shape index (κ3) is 2.58. The Kier molecular flexibility index (Phi) is 3.32. The lowest BCUT2D eigenvalue weighted by Gasteiger charge is -2.09. The Morgan fingerprint density at radius 1 is 1.41 bits per heavy atom. The van der Waals surface area contributed by atoms with Crippen molar-refractivity contribution >= 4 is 5.69 Å². The molecule has 0 amide bonds. The van der Waals surface area contributed by atoms with Crippen LogP contribution in [0.2, 0.25) is 0 Å².